The molecule has 0 radical (unpaired) electrons. The second-order valence-corrected chi connectivity index (χ2v) is 6.16. The van der Waals surface area contributed by atoms with Gasteiger partial charge in [0.15, 0.2) is 5.69 Å². The van der Waals surface area contributed by atoms with Crippen LogP contribution in [0.2, 0.25) is 0 Å². The van der Waals surface area contributed by atoms with Gasteiger partial charge in [-0.05, 0) is 5.56 Å². The molecule has 1 saturated heterocycles. The number of thioether (sulfide) groups is 1. The SMILES string of the molecule is NC(=O)c1n[nH]nc1-c1ccccc1CN1CCSCC1. The van der Waals surface area contributed by atoms with E-state index in [-0.39, 0.29) is 5.69 Å². The van der Waals surface area contributed by atoms with E-state index in [1.54, 1.807) is 0 Å². The molecule has 21 heavy (non-hydrogen) atoms. The second-order valence-electron chi connectivity index (χ2n) is 4.93. The molecule has 0 unspecified atom stereocenters. The molecular weight excluding hydrogens is 286 g/mol. The summed E-state index contributed by atoms with van der Waals surface area (Å²) in [7, 11) is 0. The molecule has 1 fully saturated rings. The van der Waals surface area contributed by atoms with Crippen molar-refractivity contribution >= 4 is 17.7 Å². The zero-order valence-corrected chi connectivity index (χ0v) is 12.4. The Morgan fingerprint density at radius 1 is 1.29 bits per heavy atom. The first-order valence-electron chi connectivity index (χ1n) is 6.84. The number of carbonyl (C=O) groups excluding carboxylic acids is 1. The van der Waals surface area contributed by atoms with E-state index in [0.717, 1.165) is 30.8 Å². The molecule has 1 aromatic heterocycles. The summed E-state index contributed by atoms with van der Waals surface area (Å²) >= 11 is 1.99. The Labute approximate surface area is 127 Å². The number of hydrogen-bond acceptors (Lipinski definition) is 5. The van der Waals surface area contributed by atoms with E-state index in [1.165, 1.54) is 11.5 Å². The average Bonchev–Trinajstić information content (AvgIpc) is 2.98. The number of aromatic nitrogens is 3. The quantitative estimate of drug-likeness (QED) is 0.883. The summed E-state index contributed by atoms with van der Waals surface area (Å²) in [5, 5.41) is 10.4. The molecule has 1 aliphatic heterocycles. The Morgan fingerprint density at radius 2 is 2.05 bits per heavy atom. The highest BCUT2D eigenvalue weighted by Gasteiger charge is 2.19. The molecule has 0 spiro atoms. The Balaban J connectivity index is 1.91. The Kier molecular flexibility index (Phi) is 4.21. The summed E-state index contributed by atoms with van der Waals surface area (Å²) in [5.41, 5.74) is 8.13. The van der Waals surface area contributed by atoms with Gasteiger partial charge in [0.2, 0.25) is 0 Å². The molecule has 2 aromatic rings. The van der Waals surface area contributed by atoms with Crippen molar-refractivity contribution in [2.75, 3.05) is 24.6 Å². The van der Waals surface area contributed by atoms with E-state index >= 15 is 0 Å². The fraction of sp³-hybridized carbons (Fsp3) is 0.357. The van der Waals surface area contributed by atoms with Crippen molar-refractivity contribution in [2.24, 2.45) is 5.73 Å². The van der Waals surface area contributed by atoms with Crippen LogP contribution in [0.3, 0.4) is 0 Å². The number of H-pyrrole nitrogens is 1. The van der Waals surface area contributed by atoms with Crippen LogP contribution in [0.25, 0.3) is 11.3 Å². The highest BCUT2D eigenvalue weighted by molar-refractivity contribution is 7.99. The maximum absolute atomic E-state index is 11.4. The summed E-state index contributed by atoms with van der Waals surface area (Å²) in [6, 6.07) is 7.96. The minimum atomic E-state index is -0.567. The fourth-order valence-electron chi connectivity index (χ4n) is 2.48. The fourth-order valence-corrected chi connectivity index (χ4v) is 3.46. The second kappa shape index (κ2) is 6.28. The largest absolute Gasteiger partial charge is 0.364 e. The van der Waals surface area contributed by atoms with Crippen LogP contribution in [0.5, 0.6) is 0 Å². The van der Waals surface area contributed by atoms with Gasteiger partial charge >= 0.3 is 0 Å². The van der Waals surface area contributed by atoms with Crippen LogP contribution in [0.1, 0.15) is 16.1 Å². The molecule has 0 bridgehead atoms. The lowest BCUT2D eigenvalue weighted by atomic mass is 10.0. The Bertz CT molecular complexity index is 636. The third kappa shape index (κ3) is 3.08. The van der Waals surface area contributed by atoms with Crippen LogP contribution in [0.15, 0.2) is 24.3 Å². The number of primary amides is 1. The average molecular weight is 303 g/mol. The van der Waals surface area contributed by atoms with Gasteiger partial charge in [-0.15, -0.1) is 0 Å². The molecule has 0 aliphatic carbocycles. The minimum absolute atomic E-state index is 0.191. The van der Waals surface area contributed by atoms with E-state index in [2.05, 4.69) is 26.4 Å². The first kappa shape index (κ1) is 14.1. The van der Waals surface area contributed by atoms with Gasteiger partial charge in [0.1, 0.15) is 5.69 Å². The minimum Gasteiger partial charge on any atom is -0.364 e. The number of benzene rings is 1. The summed E-state index contributed by atoms with van der Waals surface area (Å²) in [6.45, 7) is 3.02. The maximum Gasteiger partial charge on any atom is 0.271 e. The van der Waals surface area contributed by atoms with E-state index in [9.17, 15) is 4.79 Å². The highest BCUT2D eigenvalue weighted by atomic mass is 32.2. The maximum atomic E-state index is 11.4. The summed E-state index contributed by atoms with van der Waals surface area (Å²) < 4.78 is 0. The van der Waals surface area contributed by atoms with Crippen molar-refractivity contribution in [2.45, 2.75) is 6.54 Å². The zero-order valence-electron chi connectivity index (χ0n) is 11.6. The van der Waals surface area contributed by atoms with Crippen LogP contribution in [-0.4, -0.2) is 50.8 Å². The first-order valence-corrected chi connectivity index (χ1v) is 8.00. The molecule has 1 aromatic carbocycles. The monoisotopic (exact) mass is 303 g/mol. The van der Waals surface area contributed by atoms with Crippen LogP contribution in [0.4, 0.5) is 0 Å². The van der Waals surface area contributed by atoms with Gasteiger partial charge < -0.3 is 5.73 Å². The third-order valence-electron chi connectivity index (χ3n) is 3.55. The predicted molar refractivity (Wildman–Crippen MR) is 82.9 cm³/mol. The molecule has 1 aliphatic rings. The van der Waals surface area contributed by atoms with Gasteiger partial charge in [-0.3, -0.25) is 9.69 Å². The van der Waals surface area contributed by atoms with E-state index in [4.69, 9.17) is 5.73 Å². The van der Waals surface area contributed by atoms with Gasteiger partial charge in [0.05, 0.1) is 0 Å². The number of hydrogen-bond donors (Lipinski definition) is 2. The summed E-state index contributed by atoms with van der Waals surface area (Å²) in [5.74, 6) is 1.76. The lowest BCUT2D eigenvalue weighted by Crippen LogP contribution is -2.32. The molecule has 110 valence electrons. The number of carbonyl (C=O) groups is 1. The van der Waals surface area contributed by atoms with Gasteiger partial charge in [0, 0.05) is 36.7 Å². The Morgan fingerprint density at radius 3 is 2.81 bits per heavy atom. The van der Waals surface area contributed by atoms with Crippen molar-refractivity contribution in [1.82, 2.24) is 20.3 Å². The van der Waals surface area contributed by atoms with E-state index < -0.39 is 5.91 Å². The summed E-state index contributed by atoms with van der Waals surface area (Å²) in [4.78, 5) is 13.9. The van der Waals surface area contributed by atoms with Gasteiger partial charge in [-0.1, -0.05) is 24.3 Å². The van der Waals surface area contributed by atoms with Crippen molar-refractivity contribution in [3.05, 3.63) is 35.5 Å². The molecule has 6 nitrogen and oxygen atoms in total. The molecule has 0 saturated carbocycles. The summed E-state index contributed by atoms with van der Waals surface area (Å²) in [6.07, 6.45) is 0. The number of nitrogens with zero attached hydrogens (tertiary/aromatic N) is 3. The molecule has 7 heteroatoms. The number of nitrogens with one attached hydrogen (secondary N) is 1. The number of rotatable bonds is 4. The number of nitrogens with two attached hydrogens (primary N) is 1. The molecular formula is C14H17N5OS. The lowest BCUT2D eigenvalue weighted by molar-refractivity contribution is 0.0996. The van der Waals surface area contributed by atoms with E-state index in [0.29, 0.717) is 5.69 Å². The topological polar surface area (TPSA) is 87.9 Å². The molecule has 2 heterocycles. The van der Waals surface area contributed by atoms with E-state index in [1.807, 2.05) is 30.0 Å². The van der Waals surface area contributed by atoms with Crippen LogP contribution in [0, 0.1) is 0 Å². The molecule has 1 amide bonds. The number of amides is 1. The molecule has 0 atom stereocenters. The lowest BCUT2D eigenvalue weighted by Gasteiger charge is -2.26. The molecule has 3 rings (SSSR count). The van der Waals surface area contributed by atoms with Gasteiger partial charge in [0.25, 0.3) is 5.91 Å². The normalized spacial score (nSPS) is 16.0. The van der Waals surface area contributed by atoms with Crippen LogP contribution in [-0.2, 0) is 6.54 Å². The van der Waals surface area contributed by atoms with Crippen LogP contribution < -0.4 is 5.73 Å². The van der Waals surface area contributed by atoms with Crippen LogP contribution >= 0.6 is 11.8 Å². The standard InChI is InChI=1S/C14H17N5OS/c15-14(20)13-12(16-18-17-13)11-4-2-1-3-10(11)9-19-5-7-21-8-6-19/h1-4H,5-9H2,(H2,15,20)(H,16,17,18). The van der Waals surface area contributed by atoms with Gasteiger partial charge in [-0.2, -0.15) is 27.2 Å². The molecule has 3 N–H and O–H groups in total. The van der Waals surface area contributed by atoms with Crippen molar-refractivity contribution in [3.8, 4) is 11.3 Å². The van der Waals surface area contributed by atoms with Crippen molar-refractivity contribution in [1.29, 1.82) is 0 Å². The smallest absolute Gasteiger partial charge is 0.271 e. The third-order valence-corrected chi connectivity index (χ3v) is 4.49. The highest BCUT2D eigenvalue weighted by Crippen LogP contribution is 2.25. The van der Waals surface area contributed by atoms with Gasteiger partial charge in [-0.25, -0.2) is 0 Å². The van der Waals surface area contributed by atoms with Crippen molar-refractivity contribution in [3.63, 3.8) is 0 Å². The predicted octanol–water partition coefficient (Wildman–Crippen LogP) is 1.12. The first-order chi connectivity index (χ1) is 10.3. The Hall–Kier alpha value is -1.86. The zero-order chi connectivity index (χ0) is 14.7. The van der Waals surface area contributed by atoms with Crippen molar-refractivity contribution < 1.29 is 4.79 Å². The number of aromatic amines is 1.